The lowest BCUT2D eigenvalue weighted by Gasteiger charge is -2.20. The Labute approximate surface area is 168 Å². The zero-order chi connectivity index (χ0) is 19.9. The minimum absolute atomic E-state index is 0.121. The fourth-order valence-corrected chi connectivity index (χ4v) is 3.42. The molecule has 1 aromatic carbocycles. The van der Waals surface area contributed by atoms with Crippen molar-refractivity contribution >= 4 is 23.4 Å². The van der Waals surface area contributed by atoms with Crippen molar-refractivity contribution in [2.45, 2.75) is 37.8 Å². The van der Waals surface area contributed by atoms with E-state index in [2.05, 4.69) is 34.3 Å². The van der Waals surface area contributed by atoms with Gasteiger partial charge in [-0.3, -0.25) is 4.79 Å². The van der Waals surface area contributed by atoms with E-state index in [0.717, 1.165) is 24.3 Å². The van der Waals surface area contributed by atoms with Crippen LogP contribution in [0.25, 0.3) is 11.5 Å². The van der Waals surface area contributed by atoms with Crippen LogP contribution in [-0.4, -0.2) is 34.4 Å². The molecule has 1 amide bonds. The van der Waals surface area contributed by atoms with Gasteiger partial charge in [0.15, 0.2) is 0 Å². The second-order valence-corrected chi connectivity index (χ2v) is 7.44. The van der Waals surface area contributed by atoms with Gasteiger partial charge in [0.05, 0.1) is 18.1 Å². The highest BCUT2D eigenvalue weighted by Gasteiger charge is 2.19. The number of amides is 1. The van der Waals surface area contributed by atoms with E-state index in [1.54, 1.807) is 19.3 Å². The number of anilines is 1. The summed E-state index contributed by atoms with van der Waals surface area (Å²) in [5.74, 6) is 1.03. The summed E-state index contributed by atoms with van der Waals surface area (Å²) in [6, 6.07) is 11.6. The molecule has 3 rings (SSSR count). The number of carbonyl (C=O) groups excluding carboxylic acids is 1. The van der Waals surface area contributed by atoms with Gasteiger partial charge in [0.25, 0.3) is 5.22 Å². The van der Waals surface area contributed by atoms with E-state index in [4.69, 9.17) is 8.83 Å². The van der Waals surface area contributed by atoms with E-state index in [-0.39, 0.29) is 11.2 Å². The fraction of sp³-hybridized carbons (Fsp3) is 0.350. The number of carbonyl (C=O) groups is 1. The molecule has 0 saturated carbocycles. The first-order chi connectivity index (χ1) is 13.6. The molecule has 1 atom stereocenters. The lowest BCUT2D eigenvalue weighted by Crippen LogP contribution is -2.30. The van der Waals surface area contributed by atoms with E-state index in [0.29, 0.717) is 23.4 Å². The van der Waals surface area contributed by atoms with Gasteiger partial charge < -0.3 is 19.1 Å². The van der Waals surface area contributed by atoms with Gasteiger partial charge in [0.1, 0.15) is 5.76 Å². The molecule has 0 radical (unpaired) electrons. The van der Waals surface area contributed by atoms with Crippen molar-refractivity contribution in [3.8, 4) is 11.5 Å². The van der Waals surface area contributed by atoms with Crippen LogP contribution in [0, 0.1) is 0 Å². The average Bonchev–Trinajstić information content (AvgIpc) is 3.39. The topological polar surface area (TPSA) is 84.4 Å². The average molecular weight is 401 g/mol. The predicted octanol–water partition coefficient (Wildman–Crippen LogP) is 3.97. The van der Waals surface area contributed by atoms with Crippen LogP contribution in [0.5, 0.6) is 0 Å². The van der Waals surface area contributed by atoms with Crippen LogP contribution >= 0.6 is 11.8 Å². The summed E-state index contributed by atoms with van der Waals surface area (Å²) in [5, 5.41) is 11.0. The molecule has 0 aliphatic heterocycles. The number of furan rings is 1. The van der Waals surface area contributed by atoms with Crippen molar-refractivity contribution in [3.63, 3.8) is 0 Å². The molecule has 1 N–H and O–H groups in total. The first-order valence-electron chi connectivity index (χ1n) is 9.26. The molecule has 0 bridgehead atoms. The highest BCUT2D eigenvalue weighted by atomic mass is 32.2. The molecule has 2 heterocycles. The number of hydrogen-bond donors (Lipinski definition) is 1. The maximum Gasteiger partial charge on any atom is 0.277 e. The number of hydrogen-bond acceptors (Lipinski definition) is 7. The first-order valence-corrected chi connectivity index (χ1v) is 10.1. The monoisotopic (exact) mass is 400 g/mol. The minimum atomic E-state index is -0.367. The SMILES string of the molecule is CCN(CC)c1ccc(-c2nnc(SC(C)C(=O)NCc3ccco3)o2)cc1. The van der Waals surface area contributed by atoms with Crippen molar-refractivity contribution in [2.75, 3.05) is 18.0 Å². The Morgan fingerprint density at radius 1 is 1.18 bits per heavy atom. The largest absolute Gasteiger partial charge is 0.467 e. The highest BCUT2D eigenvalue weighted by Crippen LogP contribution is 2.27. The van der Waals surface area contributed by atoms with Crippen LogP contribution in [0.2, 0.25) is 0 Å². The first kappa shape index (κ1) is 20.0. The molecule has 2 aromatic heterocycles. The van der Waals surface area contributed by atoms with Crippen LogP contribution in [0.1, 0.15) is 26.5 Å². The standard InChI is InChI=1S/C20H24N4O3S/c1-4-24(5-2)16-10-8-15(9-11-16)19-22-23-20(27-19)28-14(3)18(25)21-13-17-7-6-12-26-17/h6-12,14H,4-5,13H2,1-3H3,(H,21,25). The molecule has 0 aliphatic rings. The van der Waals surface area contributed by atoms with E-state index < -0.39 is 0 Å². The van der Waals surface area contributed by atoms with Crippen molar-refractivity contribution in [1.29, 1.82) is 0 Å². The number of nitrogens with zero attached hydrogens (tertiary/aromatic N) is 3. The molecule has 28 heavy (non-hydrogen) atoms. The quantitative estimate of drug-likeness (QED) is 0.544. The maximum atomic E-state index is 12.2. The summed E-state index contributed by atoms with van der Waals surface area (Å²) < 4.78 is 10.9. The maximum absolute atomic E-state index is 12.2. The molecule has 148 valence electrons. The van der Waals surface area contributed by atoms with Crippen molar-refractivity contribution in [3.05, 3.63) is 48.4 Å². The Balaban J connectivity index is 1.58. The van der Waals surface area contributed by atoms with Crippen LogP contribution in [0.4, 0.5) is 5.69 Å². The van der Waals surface area contributed by atoms with E-state index >= 15 is 0 Å². The molecular formula is C20H24N4O3S. The van der Waals surface area contributed by atoms with Gasteiger partial charge in [-0.15, -0.1) is 10.2 Å². The number of aromatic nitrogens is 2. The van der Waals surface area contributed by atoms with Crippen LogP contribution in [0.3, 0.4) is 0 Å². The van der Waals surface area contributed by atoms with Crippen LogP contribution in [0.15, 0.2) is 56.7 Å². The summed E-state index contributed by atoms with van der Waals surface area (Å²) >= 11 is 1.23. The Bertz CT molecular complexity index is 873. The molecular weight excluding hydrogens is 376 g/mol. The van der Waals surface area contributed by atoms with E-state index in [9.17, 15) is 4.79 Å². The van der Waals surface area contributed by atoms with Gasteiger partial charge >= 0.3 is 0 Å². The van der Waals surface area contributed by atoms with Gasteiger partial charge in [-0.2, -0.15) is 0 Å². The molecule has 1 unspecified atom stereocenters. The number of thioether (sulfide) groups is 1. The molecule has 3 aromatic rings. The lowest BCUT2D eigenvalue weighted by molar-refractivity contribution is -0.120. The predicted molar refractivity (Wildman–Crippen MR) is 109 cm³/mol. The second-order valence-electron chi connectivity index (χ2n) is 6.15. The smallest absolute Gasteiger partial charge is 0.277 e. The third kappa shape index (κ3) is 4.95. The van der Waals surface area contributed by atoms with Gasteiger partial charge in [0, 0.05) is 24.3 Å². The molecule has 0 saturated heterocycles. The third-order valence-corrected chi connectivity index (χ3v) is 5.25. The molecule has 0 fully saturated rings. The zero-order valence-electron chi connectivity index (χ0n) is 16.2. The fourth-order valence-electron chi connectivity index (χ4n) is 2.71. The lowest BCUT2D eigenvalue weighted by atomic mass is 10.2. The Kier molecular flexibility index (Phi) is 6.76. The van der Waals surface area contributed by atoms with Crippen LogP contribution in [-0.2, 0) is 11.3 Å². The summed E-state index contributed by atoms with van der Waals surface area (Å²) in [4.78, 5) is 14.5. The summed E-state index contributed by atoms with van der Waals surface area (Å²) in [6.45, 7) is 8.32. The number of benzene rings is 1. The molecule has 8 heteroatoms. The van der Waals surface area contributed by atoms with E-state index in [1.807, 2.05) is 30.3 Å². The summed E-state index contributed by atoms with van der Waals surface area (Å²) in [7, 11) is 0. The Morgan fingerprint density at radius 3 is 2.57 bits per heavy atom. The van der Waals surface area contributed by atoms with E-state index in [1.165, 1.54) is 11.8 Å². The van der Waals surface area contributed by atoms with Crippen molar-refractivity contribution in [2.24, 2.45) is 0 Å². The number of nitrogens with one attached hydrogen (secondary N) is 1. The third-order valence-electron chi connectivity index (χ3n) is 4.31. The Hall–Kier alpha value is -2.74. The molecule has 0 aliphatic carbocycles. The summed E-state index contributed by atoms with van der Waals surface area (Å²) in [5.41, 5.74) is 2.01. The zero-order valence-corrected chi connectivity index (χ0v) is 17.0. The summed E-state index contributed by atoms with van der Waals surface area (Å²) in [6.07, 6.45) is 1.58. The Morgan fingerprint density at radius 2 is 1.93 bits per heavy atom. The molecule has 0 spiro atoms. The second kappa shape index (κ2) is 9.45. The van der Waals surface area contributed by atoms with Gasteiger partial charge in [0.2, 0.25) is 11.8 Å². The minimum Gasteiger partial charge on any atom is -0.467 e. The number of rotatable bonds is 9. The van der Waals surface area contributed by atoms with Crippen molar-refractivity contribution < 1.29 is 13.6 Å². The molecule has 7 nitrogen and oxygen atoms in total. The van der Waals surface area contributed by atoms with Gasteiger partial charge in [-0.1, -0.05) is 11.8 Å². The van der Waals surface area contributed by atoms with Crippen molar-refractivity contribution in [1.82, 2.24) is 15.5 Å². The normalized spacial score (nSPS) is 12.0. The van der Waals surface area contributed by atoms with Gasteiger partial charge in [-0.25, -0.2) is 0 Å². The highest BCUT2D eigenvalue weighted by molar-refractivity contribution is 8.00. The van der Waals surface area contributed by atoms with Crippen LogP contribution < -0.4 is 10.2 Å². The van der Waals surface area contributed by atoms with Gasteiger partial charge in [-0.05, 0) is 57.2 Å².